The molecule has 0 aliphatic rings. The topological polar surface area (TPSA) is 60.2 Å². The van der Waals surface area contributed by atoms with Crippen molar-refractivity contribution < 1.29 is 14.2 Å². The number of ether oxygens (including phenoxy) is 1. The zero-order valence-electron chi connectivity index (χ0n) is 12.5. The van der Waals surface area contributed by atoms with Crippen molar-refractivity contribution in [1.29, 1.82) is 0 Å². The van der Waals surface area contributed by atoms with E-state index >= 15 is 0 Å². The van der Waals surface area contributed by atoms with Crippen molar-refractivity contribution in [3.8, 4) is 5.75 Å². The average Bonchev–Trinajstić information content (AvgIpc) is 2.82. The number of aliphatic hydroxyl groups is 1. The highest BCUT2D eigenvalue weighted by atomic mass is 19.1. The van der Waals surface area contributed by atoms with Crippen LogP contribution >= 0.6 is 0 Å². The van der Waals surface area contributed by atoms with Crippen LogP contribution in [0.25, 0.3) is 0 Å². The summed E-state index contributed by atoms with van der Waals surface area (Å²) in [6.45, 7) is 6.69. The molecule has 2 rings (SSSR count). The first-order valence-electron chi connectivity index (χ1n) is 6.94. The molecule has 0 aliphatic carbocycles. The van der Waals surface area contributed by atoms with Gasteiger partial charge in [0.05, 0.1) is 6.10 Å². The summed E-state index contributed by atoms with van der Waals surface area (Å²) in [4.78, 5) is 4.15. The highest BCUT2D eigenvalue weighted by molar-refractivity contribution is 5.30. The van der Waals surface area contributed by atoms with Crippen LogP contribution in [-0.2, 0) is 13.2 Å². The number of rotatable bonds is 6. The predicted octanol–water partition coefficient (Wildman–Crippen LogP) is 2.71. The van der Waals surface area contributed by atoms with Crippen LogP contribution in [0.4, 0.5) is 4.39 Å². The molecule has 0 saturated carbocycles. The molecule has 2 aromatic rings. The molecule has 0 aliphatic heterocycles. The zero-order chi connectivity index (χ0) is 15.4. The normalized spacial score (nSPS) is 12.7. The number of hydrogen-bond acceptors (Lipinski definition) is 4. The molecular weight excluding hydrogens is 273 g/mol. The first kappa shape index (κ1) is 15.4. The number of aromatic nitrogens is 3. The standard InChI is InChI=1S/C15H20FN3O2/c1-10(2)7-19-15(17-9-18-19)8-21-12-4-5-13(11(3)20)14(16)6-12/h4-6,9-11,20H,7-8H2,1-3H3/t11-/m1/s1. The third-order valence-electron chi connectivity index (χ3n) is 3.02. The van der Waals surface area contributed by atoms with E-state index in [2.05, 4.69) is 23.9 Å². The fourth-order valence-electron chi connectivity index (χ4n) is 1.98. The lowest BCUT2D eigenvalue weighted by molar-refractivity contribution is 0.193. The van der Waals surface area contributed by atoms with E-state index < -0.39 is 11.9 Å². The number of aliphatic hydroxyl groups excluding tert-OH is 1. The Labute approximate surface area is 123 Å². The van der Waals surface area contributed by atoms with Crippen LogP contribution in [0.5, 0.6) is 5.75 Å². The van der Waals surface area contributed by atoms with Gasteiger partial charge in [-0.25, -0.2) is 14.1 Å². The highest BCUT2D eigenvalue weighted by Gasteiger charge is 2.11. The molecule has 21 heavy (non-hydrogen) atoms. The van der Waals surface area contributed by atoms with Crippen molar-refractivity contribution in [1.82, 2.24) is 14.8 Å². The maximum atomic E-state index is 13.7. The van der Waals surface area contributed by atoms with Crippen molar-refractivity contribution in [2.24, 2.45) is 5.92 Å². The molecule has 1 aromatic carbocycles. The van der Waals surface area contributed by atoms with Crippen molar-refractivity contribution in [2.45, 2.75) is 40.0 Å². The molecule has 0 unspecified atom stereocenters. The lowest BCUT2D eigenvalue weighted by Gasteiger charge is -2.11. The van der Waals surface area contributed by atoms with Gasteiger partial charge in [-0.1, -0.05) is 13.8 Å². The molecule has 0 fully saturated rings. The Morgan fingerprint density at radius 3 is 2.71 bits per heavy atom. The molecule has 1 atom stereocenters. The molecule has 6 heteroatoms. The molecule has 0 spiro atoms. The molecule has 0 bridgehead atoms. The summed E-state index contributed by atoms with van der Waals surface area (Å²) < 4.78 is 21.1. The van der Waals surface area contributed by atoms with Gasteiger partial charge < -0.3 is 9.84 Å². The Bertz CT molecular complexity index is 596. The predicted molar refractivity (Wildman–Crippen MR) is 76.2 cm³/mol. The third kappa shape index (κ3) is 4.01. The highest BCUT2D eigenvalue weighted by Crippen LogP contribution is 2.22. The lowest BCUT2D eigenvalue weighted by atomic mass is 10.1. The average molecular weight is 293 g/mol. The number of benzene rings is 1. The number of nitrogens with zero attached hydrogens (tertiary/aromatic N) is 3. The van der Waals surface area contributed by atoms with E-state index in [0.717, 1.165) is 6.54 Å². The second-order valence-electron chi connectivity index (χ2n) is 5.40. The van der Waals surface area contributed by atoms with Gasteiger partial charge >= 0.3 is 0 Å². The summed E-state index contributed by atoms with van der Waals surface area (Å²) in [7, 11) is 0. The molecule has 0 radical (unpaired) electrons. The maximum absolute atomic E-state index is 13.7. The van der Waals surface area contributed by atoms with Crippen LogP contribution in [0.3, 0.4) is 0 Å². The van der Waals surface area contributed by atoms with Crippen LogP contribution in [-0.4, -0.2) is 19.9 Å². The molecular formula is C15H20FN3O2. The Hall–Kier alpha value is -1.95. The van der Waals surface area contributed by atoms with E-state index in [1.807, 2.05) is 0 Å². The summed E-state index contributed by atoms with van der Waals surface area (Å²) in [6.07, 6.45) is 0.645. The summed E-state index contributed by atoms with van der Waals surface area (Å²) in [5, 5.41) is 13.5. The molecule has 0 saturated heterocycles. The van der Waals surface area contributed by atoms with Gasteiger partial charge in [0.2, 0.25) is 0 Å². The zero-order valence-corrected chi connectivity index (χ0v) is 12.5. The Morgan fingerprint density at radius 2 is 2.10 bits per heavy atom. The Kier molecular flexibility index (Phi) is 4.90. The minimum Gasteiger partial charge on any atom is -0.486 e. The van der Waals surface area contributed by atoms with Gasteiger partial charge in [0, 0.05) is 18.2 Å². The quantitative estimate of drug-likeness (QED) is 0.889. The fraction of sp³-hybridized carbons (Fsp3) is 0.467. The van der Waals surface area contributed by atoms with Crippen LogP contribution < -0.4 is 4.74 Å². The molecule has 114 valence electrons. The summed E-state index contributed by atoms with van der Waals surface area (Å²) in [5.41, 5.74) is 0.255. The van der Waals surface area contributed by atoms with Gasteiger partial charge in [-0.3, -0.25) is 0 Å². The third-order valence-corrected chi connectivity index (χ3v) is 3.02. The van der Waals surface area contributed by atoms with Crippen LogP contribution in [0.15, 0.2) is 24.5 Å². The van der Waals surface area contributed by atoms with E-state index in [1.54, 1.807) is 10.7 Å². The first-order valence-corrected chi connectivity index (χ1v) is 6.94. The largest absolute Gasteiger partial charge is 0.486 e. The number of hydrogen-bond donors (Lipinski definition) is 1. The smallest absolute Gasteiger partial charge is 0.164 e. The second kappa shape index (κ2) is 6.67. The maximum Gasteiger partial charge on any atom is 0.164 e. The summed E-state index contributed by atoms with van der Waals surface area (Å²) in [5.74, 6) is 1.07. The van der Waals surface area contributed by atoms with Crippen molar-refractivity contribution in [3.63, 3.8) is 0 Å². The first-order chi connectivity index (χ1) is 9.97. The van der Waals surface area contributed by atoms with E-state index in [1.165, 1.54) is 25.4 Å². The Morgan fingerprint density at radius 1 is 1.33 bits per heavy atom. The van der Waals surface area contributed by atoms with E-state index in [4.69, 9.17) is 4.74 Å². The molecule has 1 aromatic heterocycles. The van der Waals surface area contributed by atoms with Crippen LogP contribution in [0.2, 0.25) is 0 Å². The summed E-state index contributed by atoms with van der Waals surface area (Å²) >= 11 is 0. The van der Waals surface area contributed by atoms with E-state index in [9.17, 15) is 9.50 Å². The molecule has 0 amide bonds. The monoisotopic (exact) mass is 293 g/mol. The van der Waals surface area contributed by atoms with Gasteiger partial charge in [-0.2, -0.15) is 5.10 Å². The second-order valence-corrected chi connectivity index (χ2v) is 5.40. The van der Waals surface area contributed by atoms with Gasteiger partial charge in [0.1, 0.15) is 24.5 Å². The molecule has 5 nitrogen and oxygen atoms in total. The van der Waals surface area contributed by atoms with Gasteiger partial charge in [0.25, 0.3) is 0 Å². The minimum atomic E-state index is -0.840. The van der Waals surface area contributed by atoms with Gasteiger partial charge in [-0.15, -0.1) is 0 Å². The van der Waals surface area contributed by atoms with Gasteiger partial charge in [-0.05, 0) is 25.0 Å². The number of halogens is 1. The molecule has 1 heterocycles. The fourth-order valence-corrected chi connectivity index (χ4v) is 1.98. The van der Waals surface area contributed by atoms with Crippen molar-refractivity contribution in [2.75, 3.05) is 0 Å². The van der Waals surface area contributed by atoms with Crippen LogP contribution in [0, 0.1) is 11.7 Å². The lowest BCUT2D eigenvalue weighted by Crippen LogP contribution is -2.12. The van der Waals surface area contributed by atoms with Crippen molar-refractivity contribution >= 4 is 0 Å². The van der Waals surface area contributed by atoms with E-state index in [0.29, 0.717) is 17.5 Å². The SMILES string of the molecule is CC(C)Cn1ncnc1COc1ccc([C@@H](C)O)c(F)c1. The van der Waals surface area contributed by atoms with Crippen LogP contribution in [0.1, 0.15) is 38.3 Å². The summed E-state index contributed by atoms with van der Waals surface area (Å²) in [6, 6.07) is 4.42. The Balaban J connectivity index is 2.03. The van der Waals surface area contributed by atoms with E-state index in [-0.39, 0.29) is 12.2 Å². The van der Waals surface area contributed by atoms with Gasteiger partial charge in [0.15, 0.2) is 5.82 Å². The van der Waals surface area contributed by atoms with Crippen molar-refractivity contribution in [3.05, 3.63) is 41.7 Å². The molecule has 1 N–H and O–H groups in total. The minimum absolute atomic E-state index is 0.222.